The summed E-state index contributed by atoms with van der Waals surface area (Å²) >= 11 is 13.5. The Kier molecular flexibility index (Phi) is 6.13. The number of hydrogen-bond donors (Lipinski definition) is 0. The van der Waals surface area contributed by atoms with Gasteiger partial charge in [-0.1, -0.05) is 41.4 Å². The largest absolute Gasteiger partial charge is 0.236 e. The molecule has 0 aliphatic carbocycles. The van der Waals surface area contributed by atoms with E-state index in [1.165, 1.54) is 4.90 Å². The van der Waals surface area contributed by atoms with Crippen LogP contribution < -0.4 is 0 Å². The van der Waals surface area contributed by atoms with Crippen LogP contribution in [0.15, 0.2) is 33.6 Å². The van der Waals surface area contributed by atoms with Crippen molar-refractivity contribution in [3.63, 3.8) is 0 Å². The van der Waals surface area contributed by atoms with Crippen molar-refractivity contribution in [2.45, 2.75) is 30.4 Å². The third kappa shape index (κ3) is 4.32. The van der Waals surface area contributed by atoms with Gasteiger partial charge in [0.2, 0.25) is 0 Å². The number of aromatic nitrogens is 2. The van der Waals surface area contributed by atoms with E-state index in [9.17, 15) is 0 Å². The predicted octanol–water partition coefficient (Wildman–Crippen LogP) is 5.91. The second-order valence-corrected chi connectivity index (χ2v) is 7.93. The van der Waals surface area contributed by atoms with Crippen molar-refractivity contribution in [2.24, 2.45) is 0 Å². The van der Waals surface area contributed by atoms with Crippen molar-refractivity contribution in [1.29, 1.82) is 0 Å². The molecule has 0 fully saturated rings. The van der Waals surface area contributed by atoms with Gasteiger partial charge >= 0.3 is 0 Å². The highest BCUT2D eigenvalue weighted by Crippen LogP contribution is 2.28. The standard InChI is InChI=1S/C14H13BrClIN2S/c1-8(2)13-12(17)14(16)19-11(18-13)7-20-10-5-3-9(15)4-6-10/h3-6,8H,7H2,1-2H3. The Bertz CT molecular complexity index is 605. The van der Waals surface area contributed by atoms with E-state index in [1.807, 2.05) is 12.1 Å². The number of benzene rings is 1. The van der Waals surface area contributed by atoms with Crippen molar-refractivity contribution in [1.82, 2.24) is 9.97 Å². The fourth-order valence-corrected chi connectivity index (χ4v) is 3.68. The zero-order valence-electron chi connectivity index (χ0n) is 11.0. The number of thioether (sulfide) groups is 1. The molecule has 6 heteroatoms. The van der Waals surface area contributed by atoms with Crippen molar-refractivity contribution in [3.8, 4) is 0 Å². The lowest BCUT2D eigenvalue weighted by Gasteiger charge is -2.10. The van der Waals surface area contributed by atoms with E-state index in [4.69, 9.17) is 11.6 Å². The molecule has 1 heterocycles. The van der Waals surface area contributed by atoms with E-state index >= 15 is 0 Å². The van der Waals surface area contributed by atoms with E-state index in [1.54, 1.807) is 11.8 Å². The van der Waals surface area contributed by atoms with Gasteiger partial charge in [-0.2, -0.15) is 0 Å². The summed E-state index contributed by atoms with van der Waals surface area (Å²) in [5, 5.41) is 0.552. The van der Waals surface area contributed by atoms with Crippen molar-refractivity contribution < 1.29 is 0 Å². The van der Waals surface area contributed by atoms with Crippen LogP contribution >= 0.6 is 61.9 Å². The number of rotatable bonds is 4. The van der Waals surface area contributed by atoms with Gasteiger partial charge in [0.1, 0.15) is 11.0 Å². The van der Waals surface area contributed by atoms with Gasteiger partial charge in [-0.15, -0.1) is 11.8 Å². The SMILES string of the molecule is CC(C)c1nc(CSc2ccc(Br)cc2)nc(Cl)c1I. The first-order valence-electron chi connectivity index (χ1n) is 6.07. The molecule has 1 aromatic heterocycles. The summed E-state index contributed by atoms with van der Waals surface area (Å²) in [5.74, 6) is 1.85. The molecule has 20 heavy (non-hydrogen) atoms. The monoisotopic (exact) mass is 482 g/mol. The molecule has 0 aliphatic rings. The summed E-state index contributed by atoms with van der Waals surface area (Å²) in [4.78, 5) is 10.2. The molecular weight excluding hydrogens is 470 g/mol. The Morgan fingerprint density at radius 3 is 2.50 bits per heavy atom. The van der Waals surface area contributed by atoms with Crippen LogP contribution in [0.1, 0.15) is 31.3 Å². The zero-order chi connectivity index (χ0) is 14.7. The summed E-state index contributed by atoms with van der Waals surface area (Å²) in [6.07, 6.45) is 0. The maximum absolute atomic E-state index is 6.19. The minimum absolute atomic E-state index is 0.346. The Labute approximate surface area is 150 Å². The first-order valence-corrected chi connectivity index (χ1v) is 9.31. The van der Waals surface area contributed by atoms with E-state index in [0.717, 1.165) is 25.3 Å². The summed E-state index contributed by atoms with van der Waals surface area (Å²) < 4.78 is 2.04. The maximum atomic E-state index is 6.19. The lowest BCUT2D eigenvalue weighted by Crippen LogP contribution is -2.04. The summed E-state index contributed by atoms with van der Waals surface area (Å²) in [6.45, 7) is 4.24. The highest BCUT2D eigenvalue weighted by atomic mass is 127. The molecule has 0 saturated heterocycles. The molecule has 0 radical (unpaired) electrons. The molecule has 2 rings (SSSR count). The number of hydrogen-bond acceptors (Lipinski definition) is 3. The van der Waals surface area contributed by atoms with Crippen LogP contribution in [-0.2, 0) is 5.75 Å². The van der Waals surface area contributed by atoms with Gasteiger partial charge in [-0.3, -0.25) is 0 Å². The maximum Gasteiger partial charge on any atom is 0.146 e. The fourth-order valence-electron chi connectivity index (χ4n) is 1.61. The molecular formula is C14H13BrClIN2S. The normalized spacial score (nSPS) is 11.1. The molecule has 0 atom stereocenters. The lowest BCUT2D eigenvalue weighted by atomic mass is 10.1. The molecule has 0 amide bonds. The smallest absolute Gasteiger partial charge is 0.146 e. The molecule has 0 bridgehead atoms. The Morgan fingerprint density at radius 1 is 1.25 bits per heavy atom. The van der Waals surface area contributed by atoms with E-state index in [-0.39, 0.29) is 0 Å². The molecule has 2 nitrogen and oxygen atoms in total. The average Bonchev–Trinajstić information content (AvgIpc) is 2.41. The molecule has 0 unspecified atom stereocenters. The predicted molar refractivity (Wildman–Crippen MR) is 97.6 cm³/mol. The van der Waals surface area contributed by atoms with E-state index in [0.29, 0.717) is 11.1 Å². The molecule has 1 aromatic carbocycles. The quantitative estimate of drug-likeness (QED) is 0.307. The minimum atomic E-state index is 0.346. The number of nitrogens with zero attached hydrogens (tertiary/aromatic N) is 2. The summed E-state index contributed by atoms with van der Waals surface area (Å²) in [7, 11) is 0. The first-order chi connectivity index (χ1) is 9.47. The number of halogens is 3. The second-order valence-electron chi connectivity index (χ2n) is 4.53. The summed E-state index contributed by atoms with van der Waals surface area (Å²) in [5.41, 5.74) is 1.03. The Morgan fingerprint density at radius 2 is 1.90 bits per heavy atom. The van der Waals surface area contributed by atoms with Gasteiger partial charge in [-0.05, 0) is 52.8 Å². The van der Waals surface area contributed by atoms with Gasteiger partial charge in [0, 0.05) is 9.37 Å². The third-order valence-electron chi connectivity index (χ3n) is 2.61. The third-order valence-corrected chi connectivity index (χ3v) is 5.80. The highest BCUT2D eigenvalue weighted by Gasteiger charge is 2.13. The van der Waals surface area contributed by atoms with Crippen LogP contribution in [0, 0.1) is 3.57 Å². The van der Waals surface area contributed by atoms with Gasteiger partial charge in [-0.25, -0.2) is 9.97 Å². The van der Waals surface area contributed by atoms with Crippen LogP contribution in [0.2, 0.25) is 5.15 Å². The van der Waals surface area contributed by atoms with Gasteiger partial charge in [0.25, 0.3) is 0 Å². The second kappa shape index (κ2) is 7.42. The summed E-state index contributed by atoms with van der Waals surface area (Å²) in [6, 6.07) is 8.21. The van der Waals surface area contributed by atoms with Crippen LogP contribution in [-0.4, -0.2) is 9.97 Å². The van der Waals surface area contributed by atoms with Gasteiger partial charge in [0.15, 0.2) is 0 Å². The van der Waals surface area contributed by atoms with E-state index in [2.05, 4.69) is 74.5 Å². The van der Waals surface area contributed by atoms with Crippen LogP contribution in [0.3, 0.4) is 0 Å². The van der Waals surface area contributed by atoms with Crippen LogP contribution in [0.4, 0.5) is 0 Å². The Hall–Kier alpha value is 0.150. The Balaban J connectivity index is 2.15. The molecule has 0 saturated carbocycles. The van der Waals surface area contributed by atoms with Crippen molar-refractivity contribution >= 4 is 61.9 Å². The van der Waals surface area contributed by atoms with Crippen molar-refractivity contribution in [2.75, 3.05) is 0 Å². The molecule has 2 aromatic rings. The van der Waals surface area contributed by atoms with Crippen LogP contribution in [0.25, 0.3) is 0 Å². The average molecular weight is 484 g/mol. The first kappa shape index (κ1) is 16.5. The lowest BCUT2D eigenvalue weighted by molar-refractivity contribution is 0.790. The van der Waals surface area contributed by atoms with Gasteiger partial charge in [0.05, 0.1) is 15.0 Å². The minimum Gasteiger partial charge on any atom is -0.236 e. The fraction of sp³-hybridized carbons (Fsp3) is 0.286. The highest BCUT2D eigenvalue weighted by molar-refractivity contribution is 14.1. The molecule has 0 N–H and O–H groups in total. The zero-order valence-corrected chi connectivity index (χ0v) is 16.3. The van der Waals surface area contributed by atoms with Crippen molar-refractivity contribution in [3.05, 3.63) is 49.0 Å². The molecule has 0 spiro atoms. The van der Waals surface area contributed by atoms with Crippen LogP contribution in [0.5, 0.6) is 0 Å². The van der Waals surface area contributed by atoms with Gasteiger partial charge < -0.3 is 0 Å². The molecule has 0 aliphatic heterocycles. The molecule has 106 valence electrons. The topological polar surface area (TPSA) is 25.8 Å². The van der Waals surface area contributed by atoms with E-state index < -0.39 is 0 Å².